The Morgan fingerprint density at radius 2 is 1.92 bits per heavy atom. The van der Waals surface area contributed by atoms with Gasteiger partial charge in [-0.2, -0.15) is 5.10 Å². The van der Waals surface area contributed by atoms with Crippen molar-refractivity contribution in [1.82, 2.24) is 5.43 Å². The molecule has 2 saturated carbocycles. The third-order valence-electron chi connectivity index (χ3n) is 6.26. The molecular formula is C19H26N2O3. The molecule has 1 aromatic carbocycles. The van der Waals surface area contributed by atoms with E-state index in [0.29, 0.717) is 11.7 Å². The van der Waals surface area contributed by atoms with Crippen molar-refractivity contribution < 1.29 is 14.3 Å². The quantitative estimate of drug-likeness (QED) is 0.842. The van der Waals surface area contributed by atoms with Crippen LogP contribution in [0.4, 0.5) is 0 Å². The SMILES string of the molecule is COc1ccc(OCC(=O)N/N=C2\CC3CCC2(C)C3(C)C)cc1. The monoisotopic (exact) mass is 330 g/mol. The van der Waals surface area contributed by atoms with Crippen LogP contribution in [0.5, 0.6) is 11.5 Å². The highest BCUT2D eigenvalue weighted by molar-refractivity contribution is 5.95. The van der Waals surface area contributed by atoms with E-state index in [-0.39, 0.29) is 23.3 Å². The van der Waals surface area contributed by atoms with Crippen molar-refractivity contribution in [3.8, 4) is 11.5 Å². The number of rotatable bonds is 5. The molecule has 0 saturated heterocycles. The molecule has 5 nitrogen and oxygen atoms in total. The molecular weight excluding hydrogens is 304 g/mol. The molecule has 1 N–H and O–H groups in total. The van der Waals surface area contributed by atoms with Gasteiger partial charge in [0.05, 0.1) is 7.11 Å². The molecule has 3 rings (SSSR count). The number of ether oxygens (including phenoxy) is 2. The summed E-state index contributed by atoms with van der Waals surface area (Å²) < 4.78 is 10.6. The van der Waals surface area contributed by atoms with Crippen LogP contribution in [0.2, 0.25) is 0 Å². The molecule has 2 aliphatic carbocycles. The van der Waals surface area contributed by atoms with Gasteiger partial charge < -0.3 is 9.47 Å². The summed E-state index contributed by atoms with van der Waals surface area (Å²) in [5, 5.41) is 4.43. The van der Waals surface area contributed by atoms with E-state index < -0.39 is 0 Å². The fourth-order valence-electron chi connectivity index (χ4n) is 4.08. The highest BCUT2D eigenvalue weighted by atomic mass is 16.5. The molecule has 0 radical (unpaired) electrons. The number of benzene rings is 1. The molecule has 2 atom stereocenters. The van der Waals surface area contributed by atoms with E-state index in [1.165, 1.54) is 6.42 Å². The van der Waals surface area contributed by atoms with Gasteiger partial charge >= 0.3 is 0 Å². The topological polar surface area (TPSA) is 59.9 Å². The summed E-state index contributed by atoms with van der Waals surface area (Å²) in [6.07, 6.45) is 3.40. The molecule has 0 spiro atoms. The predicted molar refractivity (Wildman–Crippen MR) is 93.3 cm³/mol. The first-order chi connectivity index (χ1) is 11.4. The van der Waals surface area contributed by atoms with E-state index in [1.54, 1.807) is 31.4 Å². The van der Waals surface area contributed by atoms with E-state index >= 15 is 0 Å². The fourth-order valence-corrected chi connectivity index (χ4v) is 4.08. The van der Waals surface area contributed by atoms with E-state index in [2.05, 4.69) is 31.3 Å². The van der Waals surface area contributed by atoms with Crippen LogP contribution in [0.1, 0.15) is 40.0 Å². The van der Waals surface area contributed by atoms with Gasteiger partial charge in [-0.1, -0.05) is 20.8 Å². The maximum absolute atomic E-state index is 12.0. The molecule has 1 amide bonds. The smallest absolute Gasteiger partial charge is 0.277 e. The van der Waals surface area contributed by atoms with Gasteiger partial charge in [0.1, 0.15) is 11.5 Å². The Hall–Kier alpha value is -2.04. The number of amides is 1. The van der Waals surface area contributed by atoms with Crippen molar-refractivity contribution >= 4 is 11.6 Å². The zero-order chi connectivity index (χ0) is 17.4. The summed E-state index contributed by atoms with van der Waals surface area (Å²) in [4.78, 5) is 12.0. The lowest BCUT2D eigenvalue weighted by atomic mass is 9.70. The standard InChI is InChI=1S/C19H26N2O3/c1-18(2)13-9-10-19(18,3)16(11-13)20-21-17(22)12-24-15-7-5-14(23-4)6-8-15/h5-8,13H,9-12H2,1-4H3,(H,21,22)/b20-16+. The van der Waals surface area contributed by atoms with Gasteiger partial charge in [0.15, 0.2) is 6.61 Å². The maximum Gasteiger partial charge on any atom is 0.277 e. The number of nitrogens with zero attached hydrogens (tertiary/aromatic N) is 1. The van der Waals surface area contributed by atoms with Gasteiger partial charge in [0.2, 0.25) is 0 Å². The van der Waals surface area contributed by atoms with Gasteiger partial charge in [0.25, 0.3) is 5.91 Å². The predicted octanol–water partition coefficient (Wildman–Crippen LogP) is 3.39. The molecule has 2 bridgehead atoms. The average Bonchev–Trinajstić information content (AvgIpc) is 2.91. The van der Waals surface area contributed by atoms with Crippen molar-refractivity contribution in [2.45, 2.75) is 40.0 Å². The largest absolute Gasteiger partial charge is 0.497 e. The van der Waals surface area contributed by atoms with Crippen LogP contribution in [-0.4, -0.2) is 25.3 Å². The number of carbonyl (C=O) groups is 1. The summed E-state index contributed by atoms with van der Waals surface area (Å²) >= 11 is 0. The summed E-state index contributed by atoms with van der Waals surface area (Å²) in [6.45, 7) is 6.87. The van der Waals surface area contributed by atoms with Crippen molar-refractivity contribution in [3.05, 3.63) is 24.3 Å². The van der Waals surface area contributed by atoms with Gasteiger partial charge in [-0.25, -0.2) is 5.43 Å². The first kappa shape index (κ1) is 16.8. The van der Waals surface area contributed by atoms with Gasteiger partial charge in [-0.15, -0.1) is 0 Å². The molecule has 24 heavy (non-hydrogen) atoms. The molecule has 2 unspecified atom stereocenters. The van der Waals surface area contributed by atoms with Crippen LogP contribution in [-0.2, 0) is 4.79 Å². The molecule has 2 fully saturated rings. The molecule has 0 aliphatic heterocycles. The highest BCUT2D eigenvalue weighted by Crippen LogP contribution is 2.63. The van der Waals surface area contributed by atoms with Crippen molar-refractivity contribution in [2.75, 3.05) is 13.7 Å². The Labute approximate surface area is 143 Å². The van der Waals surface area contributed by atoms with Gasteiger partial charge in [-0.3, -0.25) is 4.79 Å². The lowest BCUT2D eigenvalue weighted by Crippen LogP contribution is -2.35. The van der Waals surface area contributed by atoms with Crippen molar-refractivity contribution in [1.29, 1.82) is 0 Å². The number of carbonyl (C=O) groups excluding carboxylic acids is 1. The summed E-state index contributed by atoms with van der Waals surface area (Å²) in [5.41, 5.74) is 4.15. The minimum atomic E-state index is -0.234. The molecule has 5 heteroatoms. The molecule has 0 aromatic heterocycles. The van der Waals surface area contributed by atoms with Crippen LogP contribution < -0.4 is 14.9 Å². The first-order valence-electron chi connectivity index (χ1n) is 8.49. The number of hydrogen-bond donors (Lipinski definition) is 1. The Morgan fingerprint density at radius 1 is 1.25 bits per heavy atom. The molecule has 0 heterocycles. The van der Waals surface area contributed by atoms with Crippen LogP contribution in [0.3, 0.4) is 0 Å². The molecule has 2 aliphatic rings. The van der Waals surface area contributed by atoms with Crippen LogP contribution in [0.15, 0.2) is 29.4 Å². The van der Waals surface area contributed by atoms with E-state index in [4.69, 9.17) is 9.47 Å². The minimum absolute atomic E-state index is 0.0490. The van der Waals surface area contributed by atoms with Gasteiger partial charge in [0, 0.05) is 11.1 Å². The Kier molecular flexibility index (Phi) is 4.28. The van der Waals surface area contributed by atoms with Crippen LogP contribution >= 0.6 is 0 Å². The second kappa shape index (κ2) is 6.11. The first-order valence-corrected chi connectivity index (χ1v) is 8.49. The van der Waals surface area contributed by atoms with E-state index in [1.807, 2.05) is 0 Å². The zero-order valence-electron chi connectivity index (χ0n) is 14.9. The average molecular weight is 330 g/mol. The lowest BCUT2D eigenvalue weighted by Gasteiger charge is -2.34. The van der Waals surface area contributed by atoms with Gasteiger partial charge in [-0.05, 0) is 54.9 Å². The highest BCUT2D eigenvalue weighted by Gasteiger charge is 2.59. The Morgan fingerprint density at radius 3 is 2.46 bits per heavy atom. The Bertz CT molecular complexity index is 651. The number of methoxy groups -OCH3 is 1. The number of hydrogen-bond acceptors (Lipinski definition) is 4. The number of fused-ring (bicyclic) bond motifs is 2. The van der Waals surface area contributed by atoms with Crippen LogP contribution in [0, 0.1) is 16.7 Å². The third kappa shape index (κ3) is 2.76. The zero-order valence-corrected chi connectivity index (χ0v) is 14.9. The Balaban J connectivity index is 1.54. The lowest BCUT2D eigenvalue weighted by molar-refractivity contribution is -0.123. The van der Waals surface area contributed by atoms with Crippen molar-refractivity contribution in [2.24, 2.45) is 21.8 Å². The maximum atomic E-state index is 12.0. The number of nitrogens with one attached hydrogen (secondary N) is 1. The molecule has 130 valence electrons. The minimum Gasteiger partial charge on any atom is -0.497 e. The fraction of sp³-hybridized carbons (Fsp3) is 0.579. The second-order valence-electron chi connectivity index (χ2n) is 7.55. The number of hydrazone groups is 1. The normalized spacial score (nSPS) is 28.8. The molecule has 1 aromatic rings. The third-order valence-corrected chi connectivity index (χ3v) is 6.26. The van der Waals surface area contributed by atoms with Crippen LogP contribution in [0.25, 0.3) is 0 Å². The summed E-state index contributed by atoms with van der Waals surface area (Å²) in [6, 6.07) is 7.15. The summed E-state index contributed by atoms with van der Waals surface area (Å²) in [5.74, 6) is 1.83. The van der Waals surface area contributed by atoms with E-state index in [9.17, 15) is 4.79 Å². The second-order valence-corrected chi connectivity index (χ2v) is 7.55. The van der Waals surface area contributed by atoms with E-state index in [0.717, 1.165) is 24.3 Å². The summed E-state index contributed by atoms with van der Waals surface area (Å²) in [7, 11) is 1.61. The van der Waals surface area contributed by atoms with Crippen molar-refractivity contribution in [3.63, 3.8) is 0 Å².